The van der Waals surface area contributed by atoms with E-state index in [1.54, 1.807) is 30.2 Å². The molecule has 1 unspecified atom stereocenters. The molecule has 1 aliphatic heterocycles. The van der Waals surface area contributed by atoms with Crippen LogP contribution in [0.5, 0.6) is 11.6 Å². The Morgan fingerprint density at radius 2 is 2.14 bits per heavy atom. The summed E-state index contributed by atoms with van der Waals surface area (Å²) in [7, 11) is 0. The first-order valence-corrected chi connectivity index (χ1v) is 9.06. The monoisotopic (exact) mass is 382 g/mol. The van der Waals surface area contributed by atoms with E-state index >= 15 is 0 Å². The molecule has 3 heterocycles. The van der Waals surface area contributed by atoms with Gasteiger partial charge in [0.2, 0.25) is 5.88 Å². The quantitative estimate of drug-likeness (QED) is 0.684. The molecule has 0 bridgehead atoms. The van der Waals surface area contributed by atoms with Crippen molar-refractivity contribution in [2.45, 2.75) is 25.7 Å². The maximum Gasteiger partial charge on any atom is 0.275 e. The summed E-state index contributed by atoms with van der Waals surface area (Å²) in [5.74, 6) is 0.164. The topological polar surface area (TPSA) is 81.4 Å². The van der Waals surface area contributed by atoms with Crippen LogP contribution >= 0.6 is 0 Å². The second kappa shape index (κ2) is 7.75. The molecule has 2 aromatic heterocycles. The predicted octanol–water partition coefficient (Wildman–Crippen LogP) is 3.72. The van der Waals surface area contributed by atoms with Crippen LogP contribution in [0.3, 0.4) is 0 Å². The van der Waals surface area contributed by atoms with Crippen LogP contribution in [-0.4, -0.2) is 38.8 Å². The van der Waals surface area contributed by atoms with E-state index in [2.05, 4.69) is 15.0 Å². The van der Waals surface area contributed by atoms with Crippen molar-refractivity contribution >= 4 is 5.91 Å². The Morgan fingerprint density at radius 3 is 2.93 bits per heavy atom. The lowest BCUT2D eigenvalue weighted by molar-refractivity contribution is 0.0699. The van der Waals surface area contributed by atoms with Gasteiger partial charge in [0.25, 0.3) is 5.91 Å². The maximum absolute atomic E-state index is 13.8. The molecule has 0 spiro atoms. The molecule has 0 radical (unpaired) electrons. The normalized spacial score (nSPS) is 16.8. The van der Waals surface area contributed by atoms with Gasteiger partial charge in [-0.1, -0.05) is 12.1 Å². The predicted molar refractivity (Wildman–Crippen MR) is 97.6 cm³/mol. The number of aryl methyl sites for hydroxylation is 1. The molecule has 3 aromatic rings. The van der Waals surface area contributed by atoms with E-state index in [1.165, 1.54) is 24.6 Å². The summed E-state index contributed by atoms with van der Waals surface area (Å²) in [5.41, 5.74) is 1.02. The van der Waals surface area contributed by atoms with Crippen molar-refractivity contribution in [3.05, 3.63) is 66.0 Å². The maximum atomic E-state index is 13.8. The minimum Gasteiger partial charge on any atom is -0.448 e. The fourth-order valence-corrected chi connectivity index (χ4v) is 3.28. The average Bonchev–Trinajstić information content (AvgIpc) is 3.16. The van der Waals surface area contributed by atoms with Gasteiger partial charge in [-0.05, 0) is 25.0 Å². The van der Waals surface area contributed by atoms with E-state index in [9.17, 15) is 9.18 Å². The van der Waals surface area contributed by atoms with Crippen molar-refractivity contribution in [1.82, 2.24) is 19.9 Å². The molecule has 1 saturated heterocycles. The highest BCUT2D eigenvalue weighted by atomic mass is 19.1. The largest absolute Gasteiger partial charge is 0.448 e. The number of rotatable bonds is 4. The van der Waals surface area contributed by atoms with Crippen LogP contribution in [0.1, 0.15) is 40.8 Å². The van der Waals surface area contributed by atoms with Crippen LogP contribution in [0.4, 0.5) is 4.39 Å². The number of para-hydroxylation sites is 1. The van der Waals surface area contributed by atoms with Crippen molar-refractivity contribution in [3.63, 3.8) is 0 Å². The van der Waals surface area contributed by atoms with Crippen LogP contribution < -0.4 is 4.74 Å². The summed E-state index contributed by atoms with van der Waals surface area (Å²) >= 11 is 0. The number of aromatic nitrogens is 3. The Labute approximate surface area is 161 Å². The number of amides is 1. The SMILES string of the molecule is Cc1nc(C(=O)N2CCCC(c3cncc(Oc4ccccc4F)n3)C2)co1. The van der Waals surface area contributed by atoms with Crippen molar-refractivity contribution < 1.29 is 18.3 Å². The Hall–Kier alpha value is -3.29. The van der Waals surface area contributed by atoms with Crippen molar-refractivity contribution in [3.8, 4) is 11.6 Å². The molecular formula is C20H19FN4O3. The van der Waals surface area contributed by atoms with Crippen LogP contribution in [0.2, 0.25) is 0 Å². The second-order valence-electron chi connectivity index (χ2n) is 6.66. The van der Waals surface area contributed by atoms with Crippen LogP contribution in [0.25, 0.3) is 0 Å². The van der Waals surface area contributed by atoms with Gasteiger partial charge in [0.15, 0.2) is 23.2 Å². The Balaban J connectivity index is 1.49. The zero-order valence-corrected chi connectivity index (χ0v) is 15.3. The molecule has 0 saturated carbocycles. The summed E-state index contributed by atoms with van der Waals surface area (Å²) in [4.78, 5) is 27.2. The Kier molecular flexibility index (Phi) is 5.01. The molecule has 144 valence electrons. The number of carbonyl (C=O) groups is 1. The number of oxazole rings is 1. The molecule has 1 amide bonds. The number of halogens is 1. The van der Waals surface area contributed by atoms with Crippen LogP contribution in [-0.2, 0) is 0 Å². The van der Waals surface area contributed by atoms with Gasteiger partial charge in [-0.25, -0.2) is 14.4 Å². The Morgan fingerprint density at radius 1 is 1.29 bits per heavy atom. The molecule has 1 aliphatic rings. The molecular weight excluding hydrogens is 363 g/mol. The van der Waals surface area contributed by atoms with Gasteiger partial charge in [0.1, 0.15) is 6.26 Å². The summed E-state index contributed by atoms with van der Waals surface area (Å²) in [6.07, 6.45) is 6.20. The van der Waals surface area contributed by atoms with Gasteiger partial charge in [-0.15, -0.1) is 0 Å². The van der Waals surface area contributed by atoms with E-state index < -0.39 is 5.82 Å². The van der Waals surface area contributed by atoms with E-state index in [0.29, 0.717) is 30.4 Å². The highest BCUT2D eigenvalue weighted by molar-refractivity contribution is 5.92. The number of hydrogen-bond acceptors (Lipinski definition) is 6. The minimum absolute atomic E-state index is 0.0161. The molecule has 28 heavy (non-hydrogen) atoms. The molecule has 7 nitrogen and oxygen atoms in total. The van der Waals surface area contributed by atoms with Gasteiger partial charge in [-0.2, -0.15) is 0 Å². The molecule has 0 aliphatic carbocycles. The first-order valence-electron chi connectivity index (χ1n) is 9.06. The number of nitrogens with zero attached hydrogens (tertiary/aromatic N) is 4. The van der Waals surface area contributed by atoms with Gasteiger partial charge in [0, 0.05) is 32.1 Å². The average molecular weight is 382 g/mol. The van der Waals surface area contributed by atoms with E-state index in [0.717, 1.165) is 12.8 Å². The van der Waals surface area contributed by atoms with E-state index in [1.807, 2.05) is 0 Å². The molecule has 1 atom stereocenters. The van der Waals surface area contributed by atoms with Crippen molar-refractivity contribution in [1.29, 1.82) is 0 Å². The fraction of sp³-hybridized carbons (Fsp3) is 0.300. The number of likely N-dealkylation sites (tertiary alicyclic amines) is 1. The zero-order chi connectivity index (χ0) is 19.5. The Bertz CT molecular complexity index is 991. The molecule has 1 fully saturated rings. The highest BCUT2D eigenvalue weighted by Crippen LogP contribution is 2.28. The highest BCUT2D eigenvalue weighted by Gasteiger charge is 2.28. The van der Waals surface area contributed by atoms with Crippen molar-refractivity contribution in [2.75, 3.05) is 13.1 Å². The minimum atomic E-state index is -0.466. The zero-order valence-electron chi connectivity index (χ0n) is 15.3. The number of hydrogen-bond donors (Lipinski definition) is 0. The summed E-state index contributed by atoms with van der Waals surface area (Å²) < 4.78 is 24.5. The number of ether oxygens (including phenoxy) is 1. The molecule has 0 N–H and O–H groups in total. The first-order chi connectivity index (χ1) is 13.6. The lowest BCUT2D eigenvalue weighted by atomic mass is 9.95. The van der Waals surface area contributed by atoms with E-state index in [-0.39, 0.29) is 23.5 Å². The number of piperidine rings is 1. The summed E-state index contributed by atoms with van der Waals surface area (Å²) in [6.45, 7) is 2.86. The van der Waals surface area contributed by atoms with Crippen molar-refractivity contribution in [2.24, 2.45) is 0 Å². The lowest BCUT2D eigenvalue weighted by Crippen LogP contribution is -2.39. The van der Waals surface area contributed by atoms with Gasteiger partial charge < -0.3 is 14.1 Å². The lowest BCUT2D eigenvalue weighted by Gasteiger charge is -2.31. The third kappa shape index (κ3) is 3.85. The van der Waals surface area contributed by atoms with E-state index in [4.69, 9.17) is 9.15 Å². The number of carbonyl (C=O) groups excluding carboxylic acids is 1. The standard InChI is InChI=1S/C20H19FN4O3/c1-13-23-17(12-27-13)20(26)25-8-4-5-14(11-25)16-9-22-10-19(24-16)28-18-7-3-2-6-15(18)21/h2-3,6-7,9-10,12,14H,4-5,8,11H2,1H3. The summed E-state index contributed by atoms with van der Waals surface area (Å²) in [6, 6.07) is 6.13. The molecule has 8 heteroatoms. The molecule has 1 aromatic carbocycles. The first kappa shape index (κ1) is 18.1. The smallest absolute Gasteiger partial charge is 0.275 e. The third-order valence-electron chi connectivity index (χ3n) is 4.65. The number of benzene rings is 1. The van der Waals surface area contributed by atoms with Gasteiger partial charge in [-0.3, -0.25) is 9.78 Å². The second-order valence-corrected chi connectivity index (χ2v) is 6.66. The van der Waals surface area contributed by atoms with Crippen LogP contribution in [0.15, 0.2) is 47.3 Å². The van der Waals surface area contributed by atoms with Gasteiger partial charge >= 0.3 is 0 Å². The third-order valence-corrected chi connectivity index (χ3v) is 4.65. The van der Waals surface area contributed by atoms with Crippen LogP contribution in [0, 0.1) is 12.7 Å². The molecule has 4 rings (SSSR count). The van der Waals surface area contributed by atoms with Gasteiger partial charge in [0.05, 0.1) is 11.9 Å². The summed E-state index contributed by atoms with van der Waals surface area (Å²) in [5, 5.41) is 0. The fourth-order valence-electron chi connectivity index (χ4n) is 3.28.